The lowest BCUT2D eigenvalue weighted by molar-refractivity contribution is -0.111. The maximum atomic E-state index is 12.7. The summed E-state index contributed by atoms with van der Waals surface area (Å²) in [4.78, 5) is 37.7. The number of carbonyl (C=O) groups excluding carboxylic acids is 3. The number of hydrazone groups is 1. The minimum absolute atomic E-state index is 0.00825. The van der Waals surface area contributed by atoms with Gasteiger partial charge >= 0.3 is 0 Å². The molecular weight excluding hydrogens is 557 g/mol. The van der Waals surface area contributed by atoms with Crippen LogP contribution in [0.2, 0.25) is 0 Å². The van der Waals surface area contributed by atoms with Crippen LogP contribution in [-0.4, -0.2) is 22.8 Å². The fourth-order valence-electron chi connectivity index (χ4n) is 3.61. The lowest BCUT2D eigenvalue weighted by Crippen LogP contribution is -2.27. The standard InChI is InChI=1S/C28H19Cl2N5O3S/c29-18-14-22(24(36)23(30)15-18)27-34-35-28(39-27)33-26(38)17-8-6-16(7-9-17)25(37)32-21-12-10-20(11-13-21)31-19-4-2-1-3-5-19/h1-15,31,34H,(H,32,37)(H,33,35,38)/b27-22-. The molecule has 0 unspecified atom stereocenters. The molecule has 0 saturated carbocycles. The van der Waals surface area contributed by atoms with Crippen molar-refractivity contribution in [1.82, 2.24) is 10.7 Å². The number of hydrogen-bond acceptors (Lipinski definition) is 7. The van der Waals surface area contributed by atoms with Gasteiger partial charge in [0.05, 0.1) is 10.6 Å². The minimum atomic E-state index is -0.427. The van der Waals surface area contributed by atoms with Crippen LogP contribution in [-0.2, 0) is 4.79 Å². The molecule has 1 heterocycles. The molecule has 0 atom stereocenters. The van der Waals surface area contributed by atoms with Crippen LogP contribution in [0.4, 0.5) is 17.1 Å². The van der Waals surface area contributed by atoms with Gasteiger partial charge < -0.3 is 10.6 Å². The fraction of sp³-hybridized carbons (Fsp3) is 0. The maximum absolute atomic E-state index is 12.7. The second-order valence-electron chi connectivity index (χ2n) is 8.28. The highest BCUT2D eigenvalue weighted by Gasteiger charge is 2.26. The number of halogens is 2. The largest absolute Gasteiger partial charge is 0.356 e. The van der Waals surface area contributed by atoms with Gasteiger partial charge in [0.1, 0.15) is 5.03 Å². The zero-order valence-corrected chi connectivity index (χ0v) is 22.3. The SMILES string of the molecule is O=C1C(Cl)=CC(Cl)=C/C1=C1\NN=C(NC(=O)c2ccc(C(=O)Nc3ccc(Nc4ccccc4)cc3)cc2)S1. The third-order valence-corrected chi connectivity index (χ3v) is 6.95. The van der Waals surface area contributed by atoms with Crippen LogP contribution in [0, 0.1) is 0 Å². The van der Waals surface area contributed by atoms with E-state index in [4.69, 9.17) is 23.2 Å². The Hall–Kier alpha value is -4.31. The van der Waals surface area contributed by atoms with Crippen LogP contribution < -0.4 is 21.4 Å². The predicted octanol–water partition coefficient (Wildman–Crippen LogP) is 6.06. The summed E-state index contributed by atoms with van der Waals surface area (Å²) in [5.41, 5.74) is 6.19. The molecule has 0 saturated heterocycles. The lowest BCUT2D eigenvalue weighted by Gasteiger charge is -2.10. The Kier molecular flexibility index (Phi) is 7.83. The van der Waals surface area contributed by atoms with Crippen molar-refractivity contribution in [2.75, 3.05) is 10.6 Å². The van der Waals surface area contributed by atoms with E-state index in [2.05, 4.69) is 26.5 Å². The maximum Gasteiger partial charge on any atom is 0.257 e. The summed E-state index contributed by atoms with van der Waals surface area (Å²) in [5.74, 6) is -1.13. The average molecular weight is 576 g/mol. The van der Waals surface area contributed by atoms with E-state index in [0.717, 1.165) is 23.1 Å². The van der Waals surface area contributed by atoms with E-state index < -0.39 is 11.7 Å². The van der Waals surface area contributed by atoms with Gasteiger partial charge in [0.25, 0.3) is 11.8 Å². The molecule has 194 valence electrons. The van der Waals surface area contributed by atoms with Gasteiger partial charge in [-0.1, -0.05) is 41.4 Å². The van der Waals surface area contributed by atoms with Gasteiger partial charge in [-0.25, -0.2) is 0 Å². The minimum Gasteiger partial charge on any atom is -0.356 e. The normalized spacial score (nSPS) is 16.5. The number of benzene rings is 3. The summed E-state index contributed by atoms with van der Waals surface area (Å²) in [6.07, 6.45) is 2.84. The molecule has 39 heavy (non-hydrogen) atoms. The number of rotatable bonds is 5. The van der Waals surface area contributed by atoms with Gasteiger partial charge in [-0.15, -0.1) is 5.10 Å². The first-order valence-electron chi connectivity index (χ1n) is 11.6. The van der Waals surface area contributed by atoms with Crippen LogP contribution in [0.15, 0.2) is 117 Å². The number of anilines is 3. The number of hydrogen-bond donors (Lipinski definition) is 4. The smallest absolute Gasteiger partial charge is 0.257 e. The summed E-state index contributed by atoms with van der Waals surface area (Å²) in [6, 6.07) is 23.3. The third kappa shape index (κ3) is 6.40. The molecule has 1 aliphatic carbocycles. The zero-order valence-electron chi connectivity index (χ0n) is 20.0. The summed E-state index contributed by atoms with van der Waals surface area (Å²) in [7, 11) is 0. The Morgan fingerprint density at radius 3 is 2.00 bits per heavy atom. The molecule has 3 aromatic rings. The first kappa shape index (κ1) is 26.3. The van der Waals surface area contributed by atoms with Crippen LogP contribution >= 0.6 is 35.0 Å². The Balaban J connectivity index is 1.16. The van der Waals surface area contributed by atoms with Crippen molar-refractivity contribution >= 4 is 74.8 Å². The molecule has 4 N–H and O–H groups in total. The predicted molar refractivity (Wildman–Crippen MR) is 156 cm³/mol. The molecule has 11 heteroatoms. The molecule has 8 nitrogen and oxygen atoms in total. The van der Waals surface area contributed by atoms with Crippen molar-refractivity contribution in [3.8, 4) is 0 Å². The quantitative estimate of drug-likeness (QED) is 0.275. The Labute approximate surface area is 237 Å². The van der Waals surface area contributed by atoms with Gasteiger partial charge in [-0.05, 0) is 84.6 Å². The van der Waals surface area contributed by atoms with E-state index in [1.54, 1.807) is 36.4 Å². The molecule has 0 aromatic heterocycles. The van der Waals surface area contributed by atoms with E-state index in [1.807, 2.05) is 42.5 Å². The van der Waals surface area contributed by atoms with Crippen molar-refractivity contribution in [3.63, 3.8) is 0 Å². The van der Waals surface area contributed by atoms with Crippen molar-refractivity contribution in [3.05, 3.63) is 123 Å². The number of carbonyl (C=O) groups is 3. The summed E-state index contributed by atoms with van der Waals surface area (Å²) in [5, 5.41) is 13.8. The van der Waals surface area contributed by atoms with Gasteiger partial charge in [-0.2, -0.15) is 0 Å². The van der Waals surface area contributed by atoms with Crippen molar-refractivity contribution in [1.29, 1.82) is 0 Å². The van der Waals surface area contributed by atoms with E-state index in [0.29, 0.717) is 26.9 Å². The van der Waals surface area contributed by atoms with Crippen molar-refractivity contribution in [2.45, 2.75) is 0 Å². The summed E-state index contributed by atoms with van der Waals surface area (Å²) < 4.78 is 0. The van der Waals surface area contributed by atoms with Gasteiger partial charge in [0, 0.05) is 33.2 Å². The Morgan fingerprint density at radius 2 is 1.33 bits per heavy atom. The molecule has 0 bridgehead atoms. The van der Waals surface area contributed by atoms with Crippen LogP contribution in [0.3, 0.4) is 0 Å². The van der Waals surface area contributed by atoms with Crippen LogP contribution in [0.1, 0.15) is 20.7 Å². The fourth-order valence-corrected chi connectivity index (χ4v) is 4.89. The van der Waals surface area contributed by atoms with Gasteiger partial charge in [0.15, 0.2) is 5.17 Å². The first-order chi connectivity index (χ1) is 18.9. The highest BCUT2D eigenvalue weighted by Crippen LogP contribution is 2.31. The number of thioether (sulfide) groups is 1. The number of Topliss-reactive ketones (excluding diaryl/α,β-unsaturated/α-hetero) is 1. The number of nitrogens with one attached hydrogen (secondary N) is 4. The second-order valence-corrected chi connectivity index (χ2v) is 10.1. The first-order valence-corrected chi connectivity index (χ1v) is 13.1. The number of nitrogens with zero attached hydrogens (tertiary/aromatic N) is 1. The van der Waals surface area contributed by atoms with Gasteiger partial charge in [-0.3, -0.25) is 25.1 Å². The number of ketones is 1. The molecule has 2 aliphatic rings. The van der Waals surface area contributed by atoms with Crippen molar-refractivity contribution in [2.24, 2.45) is 5.10 Å². The monoisotopic (exact) mass is 575 g/mol. The molecule has 0 spiro atoms. The van der Waals surface area contributed by atoms with Crippen molar-refractivity contribution < 1.29 is 14.4 Å². The Bertz CT molecular complexity index is 1580. The summed E-state index contributed by atoms with van der Waals surface area (Å²) >= 11 is 13.0. The number of amidine groups is 1. The molecule has 0 fully saturated rings. The highest BCUT2D eigenvalue weighted by molar-refractivity contribution is 8.17. The Morgan fingerprint density at radius 1 is 0.744 bits per heavy atom. The van der Waals surface area contributed by atoms with E-state index in [9.17, 15) is 14.4 Å². The third-order valence-electron chi connectivity index (χ3n) is 5.55. The molecule has 2 amide bonds. The molecule has 5 rings (SSSR count). The van der Waals surface area contributed by atoms with E-state index in [1.165, 1.54) is 12.2 Å². The molecule has 1 aliphatic heterocycles. The molecule has 3 aromatic carbocycles. The van der Waals surface area contributed by atoms with E-state index >= 15 is 0 Å². The summed E-state index contributed by atoms with van der Waals surface area (Å²) in [6.45, 7) is 0. The lowest BCUT2D eigenvalue weighted by atomic mass is 10.1. The van der Waals surface area contributed by atoms with E-state index in [-0.39, 0.29) is 21.7 Å². The molecule has 0 radical (unpaired) electrons. The second kappa shape index (κ2) is 11.6. The number of allylic oxidation sites excluding steroid dienone is 5. The average Bonchev–Trinajstić information content (AvgIpc) is 3.40. The highest BCUT2D eigenvalue weighted by atomic mass is 35.5. The molecular formula is C28H19Cl2N5O3S. The van der Waals surface area contributed by atoms with Crippen LogP contribution in [0.25, 0.3) is 0 Å². The van der Waals surface area contributed by atoms with Gasteiger partial charge in [0.2, 0.25) is 5.78 Å². The topological polar surface area (TPSA) is 112 Å². The zero-order chi connectivity index (χ0) is 27.4. The van der Waals surface area contributed by atoms with Crippen LogP contribution in [0.5, 0.6) is 0 Å². The number of para-hydroxylation sites is 1. The number of amides is 2.